The second-order valence-electron chi connectivity index (χ2n) is 4.13. The van der Waals surface area contributed by atoms with Crippen LogP contribution in [0.15, 0.2) is 22.7 Å². The van der Waals surface area contributed by atoms with Crippen LogP contribution in [0.5, 0.6) is 5.75 Å². The summed E-state index contributed by atoms with van der Waals surface area (Å²) in [5.74, 6) is 0.950. The molecule has 102 valence electrons. The minimum Gasteiger partial charge on any atom is -0.491 e. The van der Waals surface area contributed by atoms with Crippen LogP contribution in [0, 0.1) is 0 Å². The molecule has 0 saturated carbocycles. The van der Waals surface area contributed by atoms with Gasteiger partial charge in [-0.2, -0.15) is 0 Å². The number of benzene rings is 1. The number of hydrogen-bond donors (Lipinski definition) is 0. The largest absolute Gasteiger partial charge is 0.491 e. The van der Waals surface area contributed by atoms with Crippen molar-refractivity contribution >= 4 is 37.4 Å². The summed E-state index contributed by atoms with van der Waals surface area (Å²) >= 11 is 9.17. The molecule has 0 aromatic heterocycles. The van der Waals surface area contributed by atoms with E-state index in [1.54, 1.807) is 13.8 Å². The Morgan fingerprint density at radius 2 is 2.06 bits per heavy atom. The van der Waals surface area contributed by atoms with Crippen molar-refractivity contribution in [3.8, 4) is 5.75 Å². The van der Waals surface area contributed by atoms with E-state index in [0.717, 1.165) is 10.0 Å². The molecule has 1 aromatic rings. The van der Waals surface area contributed by atoms with Gasteiger partial charge in [-0.1, -0.05) is 12.1 Å². The van der Waals surface area contributed by atoms with Crippen LogP contribution in [0.2, 0.25) is 0 Å². The summed E-state index contributed by atoms with van der Waals surface area (Å²) in [6, 6.07) is 5.55. The first-order chi connectivity index (χ1) is 8.38. The van der Waals surface area contributed by atoms with Gasteiger partial charge in [0.25, 0.3) is 0 Å². The lowest BCUT2D eigenvalue weighted by Gasteiger charge is -2.13. The Balaban J connectivity index is 2.70. The van der Waals surface area contributed by atoms with Gasteiger partial charge in [-0.3, -0.25) is 0 Å². The minimum absolute atomic E-state index is 0.00767. The van der Waals surface area contributed by atoms with Crippen molar-refractivity contribution in [2.45, 2.75) is 25.0 Å². The van der Waals surface area contributed by atoms with Gasteiger partial charge in [-0.05, 0) is 35.8 Å². The fourth-order valence-corrected chi connectivity index (χ4v) is 2.84. The molecule has 0 atom stereocenters. The highest BCUT2D eigenvalue weighted by Crippen LogP contribution is 2.30. The molecule has 18 heavy (non-hydrogen) atoms. The third-order valence-corrected chi connectivity index (χ3v) is 5.61. The summed E-state index contributed by atoms with van der Waals surface area (Å²) < 4.78 is 29.6. The fraction of sp³-hybridized carbons (Fsp3) is 0.500. The maximum atomic E-state index is 11.6. The van der Waals surface area contributed by atoms with Crippen molar-refractivity contribution in [1.82, 2.24) is 0 Å². The van der Waals surface area contributed by atoms with Gasteiger partial charge in [-0.25, -0.2) is 8.42 Å². The van der Waals surface area contributed by atoms with Crippen LogP contribution < -0.4 is 4.74 Å². The summed E-state index contributed by atoms with van der Waals surface area (Å²) in [6.07, 6.45) is 0. The van der Waals surface area contributed by atoms with Gasteiger partial charge in [0.05, 0.1) is 21.4 Å². The van der Waals surface area contributed by atoms with Crippen molar-refractivity contribution in [2.75, 3.05) is 12.4 Å². The van der Waals surface area contributed by atoms with Gasteiger partial charge in [0, 0.05) is 5.56 Å². The van der Waals surface area contributed by atoms with Gasteiger partial charge in [0.1, 0.15) is 12.4 Å². The smallest absolute Gasteiger partial charge is 0.155 e. The molecular formula is C12H16BrClO3S. The monoisotopic (exact) mass is 354 g/mol. The molecule has 0 N–H and O–H groups in total. The predicted octanol–water partition coefficient (Wildman–Crippen LogP) is 3.39. The van der Waals surface area contributed by atoms with E-state index in [0.29, 0.717) is 11.6 Å². The Kier molecular flexibility index (Phi) is 5.95. The molecule has 0 amide bonds. The van der Waals surface area contributed by atoms with E-state index in [1.165, 1.54) is 0 Å². The molecule has 0 heterocycles. The number of hydrogen-bond acceptors (Lipinski definition) is 3. The van der Waals surface area contributed by atoms with E-state index < -0.39 is 9.84 Å². The maximum Gasteiger partial charge on any atom is 0.155 e. The Hall–Kier alpha value is -0.260. The third-order valence-electron chi connectivity index (χ3n) is 2.52. The van der Waals surface area contributed by atoms with Gasteiger partial charge in [0.2, 0.25) is 0 Å². The van der Waals surface area contributed by atoms with Crippen LogP contribution in [0.1, 0.15) is 19.4 Å². The molecular weight excluding hydrogens is 340 g/mol. The first-order valence-electron chi connectivity index (χ1n) is 5.56. The van der Waals surface area contributed by atoms with Gasteiger partial charge < -0.3 is 4.74 Å². The highest BCUT2D eigenvalue weighted by atomic mass is 79.9. The van der Waals surface area contributed by atoms with Crippen LogP contribution in [-0.4, -0.2) is 26.0 Å². The zero-order valence-electron chi connectivity index (χ0n) is 10.3. The van der Waals surface area contributed by atoms with Crippen molar-refractivity contribution < 1.29 is 13.2 Å². The van der Waals surface area contributed by atoms with Crippen molar-refractivity contribution in [3.05, 3.63) is 28.2 Å². The third kappa shape index (κ3) is 4.14. The maximum absolute atomic E-state index is 11.6. The number of alkyl halides is 1. The zero-order chi connectivity index (χ0) is 13.8. The highest BCUT2D eigenvalue weighted by Gasteiger charge is 2.16. The van der Waals surface area contributed by atoms with Crippen molar-refractivity contribution in [1.29, 1.82) is 0 Å². The number of sulfone groups is 1. The molecule has 0 aliphatic carbocycles. The molecule has 0 fully saturated rings. The Morgan fingerprint density at radius 3 is 2.61 bits per heavy atom. The van der Waals surface area contributed by atoms with E-state index in [-0.39, 0.29) is 17.6 Å². The standard InChI is InChI=1S/C12H16BrClO3S/c1-9(2)18(15,16)7-6-17-12-10(8-14)4-3-5-11(12)13/h3-5,9H,6-8H2,1-2H3. The lowest BCUT2D eigenvalue weighted by atomic mass is 10.2. The molecule has 3 nitrogen and oxygen atoms in total. The molecule has 0 aliphatic heterocycles. The Morgan fingerprint density at radius 1 is 1.39 bits per heavy atom. The highest BCUT2D eigenvalue weighted by molar-refractivity contribution is 9.10. The SMILES string of the molecule is CC(C)S(=O)(=O)CCOc1c(Br)cccc1CCl. The lowest BCUT2D eigenvalue weighted by molar-refractivity contribution is 0.336. The van der Waals surface area contributed by atoms with Crippen LogP contribution in [0.4, 0.5) is 0 Å². The summed E-state index contributed by atoms with van der Waals surface area (Å²) in [6.45, 7) is 3.46. The van der Waals surface area contributed by atoms with E-state index >= 15 is 0 Å². The average Bonchev–Trinajstić information content (AvgIpc) is 2.30. The Labute approximate surface area is 122 Å². The first kappa shape index (κ1) is 15.8. The molecule has 0 aliphatic rings. The van der Waals surface area contributed by atoms with Crippen LogP contribution in [0.3, 0.4) is 0 Å². The predicted molar refractivity (Wildman–Crippen MR) is 78.1 cm³/mol. The van der Waals surface area contributed by atoms with Crippen LogP contribution in [0.25, 0.3) is 0 Å². The number of halogens is 2. The van der Waals surface area contributed by atoms with E-state index in [1.807, 2.05) is 18.2 Å². The van der Waals surface area contributed by atoms with Crippen LogP contribution >= 0.6 is 27.5 Å². The normalized spacial score (nSPS) is 11.8. The van der Waals surface area contributed by atoms with Crippen LogP contribution in [-0.2, 0) is 15.7 Å². The minimum atomic E-state index is -3.07. The van der Waals surface area contributed by atoms with Gasteiger partial charge >= 0.3 is 0 Å². The molecule has 1 rings (SSSR count). The van der Waals surface area contributed by atoms with E-state index in [4.69, 9.17) is 16.3 Å². The molecule has 0 saturated heterocycles. The van der Waals surface area contributed by atoms with Crippen molar-refractivity contribution in [2.24, 2.45) is 0 Å². The second-order valence-corrected chi connectivity index (χ2v) is 7.92. The van der Waals surface area contributed by atoms with Gasteiger partial charge in [-0.15, -0.1) is 11.6 Å². The Bertz CT molecular complexity index is 500. The summed E-state index contributed by atoms with van der Waals surface area (Å²) in [5, 5.41) is -0.382. The quantitative estimate of drug-likeness (QED) is 0.735. The zero-order valence-corrected chi connectivity index (χ0v) is 13.5. The topological polar surface area (TPSA) is 43.4 Å². The first-order valence-corrected chi connectivity index (χ1v) is 8.60. The average molecular weight is 356 g/mol. The van der Waals surface area contributed by atoms with E-state index in [9.17, 15) is 8.42 Å². The lowest BCUT2D eigenvalue weighted by Crippen LogP contribution is -2.22. The number of rotatable bonds is 6. The fourth-order valence-electron chi connectivity index (χ4n) is 1.32. The second kappa shape index (κ2) is 6.78. The van der Waals surface area contributed by atoms with E-state index in [2.05, 4.69) is 15.9 Å². The summed E-state index contributed by atoms with van der Waals surface area (Å²) in [5.41, 5.74) is 0.841. The molecule has 1 aromatic carbocycles. The summed E-state index contributed by atoms with van der Waals surface area (Å²) in [7, 11) is -3.07. The van der Waals surface area contributed by atoms with Crippen molar-refractivity contribution in [3.63, 3.8) is 0 Å². The molecule has 0 bridgehead atoms. The molecule has 0 radical (unpaired) electrons. The summed E-state index contributed by atoms with van der Waals surface area (Å²) in [4.78, 5) is 0. The van der Waals surface area contributed by atoms with Gasteiger partial charge in [0.15, 0.2) is 9.84 Å². The number of ether oxygens (including phenoxy) is 1. The number of para-hydroxylation sites is 1. The molecule has 6 heteroatoms. The molecule has 0 spiro atoms. The molecule has 0 unspecified atom stereocenters.